The first kappa shape index (κ1) is 24.7. The van der Waals surface area contributed by atoms with Crippen LogP contribution in [0.1, 0.15) is 31.9 Å². The molecule has 3 rings (SSSR count). The standard InChI is InChI=1S/C25H32O6S/c1-25(2,3)24(27)31-22-21(29-16-18-12-8-5-9-13-18)20(19(14-26)30-23(22)32)28-15-17-10-6-4-7-11-17/h4-13,19-23,26,32H,14-16H2,1-3H3/t19-,20-,21+,22-,23-/m1/s1. The third-order valence-corrected chi connectivity index (χ3v) is 5.63. The highest BCUT2D eigenvalue weighted by molar-refractivity contribution is 7.80. The van der Waals surface area contributed by atoms with Crippen molar-refractivity contribution < 1.29 is 28.8 Å². The summed E-state index contributed by atoms with van der Waals surface area (Å²) in [5, 5.41) is 9.97. The zero-order chi connectivity index (χ0) is 23.1. The predicted molar refractivity (Wildman–Crippen MR) is 124 cm³/mol. The maximum atomic E-state index is 12.7. The Kier molecular flexibility index (Phi) is 8.73. The molecule has 1 N–H and O–H groups in total. The lowest BCUT2D eigenvalue weighted by molar-refractivity contribution is -0.248. The second-order valence-corrected chi connectivity index (χ2v) is 9.40. The van der Waals surface area contributed by atoms with Gasteiger partial charge in [0, 0.05) is 0 Å². The van der Waals surface area contributed by atoms with Gasteiger partial charge in [-0.1, -0.05) is 60.7 Å². The fraction of sp³-hybridized carbons (Fsp3) is 0.480. The highest BCUT2D eigenvalue weighted by Crippen LogP contribution is 2.32. The van der Waals surface area contributed by atoms with Gasteiger partial charge in [0.15, 0.2) is 6.10 Å². The van der Waals surface area contributed by atoms with Gasteiger partial charge in [-0.25, -0.2) is 0 Å². The van der Waals surface area contributed by atoms with Crippen LogP contribution < -0.4 is 0 Å². The van der Waals surface area contributed by atoms with E-state index in [0.717, 1.165) is 11.1 Å². The molecular weight excluding hydrogens is 428 g/mol. The van der Waals surface area contributed by atoms with E-state index < -0.39 is 35.3 Å². The van der Waals surface area contributed by atoms with Crippen molar-refractivity contribution in [1.29, 1.82) is 0 Å². The Labute approximate surface area is 195 Å². The van der Waals surface area contributed by atoms with Gasteiger partial charge in [0.05, 0.1) is 25.2 Å². The van der Waals surface area contributed by atoms with Gasteiger partial charge in [-0.15, -0.1) is 12.6 Å². The number of hydrogen-bond donors (Lipinski definition) is 2. The summed E-state index contributed by atoms with van der Waals surface area (Å²) in [5.41, 5.74) is 0.474. The normalized spacial score (nSPS) is 26.0. The van der Waals surface area contributed by atoms with Gasteiger partial charge in [-0.3, -0.25) is 4.79 Å². The fourth-order valence-electron chi connectivity index (χ4n) is 3.39. The number of carbonyl (C=O) groups is 1. The molecule has 7 heteroatoms. The lowest BCUT2D eigenvalue weighted by Crippen LogP contribution is -2.60. The molecule has 5 atom stereocenters. The maximum Gasteiger partial charge on any atom is 0.311 e. The Hall–Kier alpha value is -1.90. The molecule has 1 saturated heterocycles. The van der Waals surface area contributed by atoms with Crippen molar-refractivity contribution in [3.8, 4) is 0 Å². The van der Waals surface area contributed by atoms with Crippen LogP contribution in [0.5, 0.6) is 0 Å². The molecule has 1 fully saturated rings. The number of benzene rings is 2. The summed E-state index contributed by atoms with van der Waals surface area (Å²) in [6.45, 7) is 5.67. The molecule has 2 aromatic rings. The van der Waals surface area contributed by atoms with Crippen molar-refractivity contribution in [3.05, 3.63) is 71.8 Å². The second-order valence-electron chi connectivity index (χ2n) is 8.89. The molecule has 0 aromatic heterocycles. The zero-order valence-corrected chi connectivity index (χ0v) is 19.6. The molecule has 1 heterocycles. The van der Waals surface area contributed by atoms with Gasteiger partial charge >= 0.3 is 5.97 Å². The van der Waals surface area contributed by atoms with Crippen LogP contribution in [0, 0.1) is 5.41 Å². The average molecular weight is 461 g/mol. The number of rotatable bonds is 8. The van der Waals surface area contributed by atoms with Crippen molar-refractivity contribution in [3.63, 3.8) is 0 Å². The number of ether oxygens (including phenoxy) is 4. The summed E-state index contributed by atoms with van der Waals surface area (Å²) in [4.78, 5) is 12.7. The first-order valence-corrected chi connectivity index (χ1v) is 11.3. The predicted octanol–water partition coefficient (Wildman–Crippen LogP) is 3.76. The van der Waals surface area contributed by atoms with E-state index in [1.54, 1.807) is 20.8 Å². The molecule has 0 amide bonds. The Morgan fingerprint density at radius 2 is 1.41 bits per heavy atom. The largest absolute Gasteiger partial charge is 0.455 e. The van der Waals surface area contributed by atoms with Crippen LogP contribution in [0.2, 0.25) is 0 Å². The Morgan fingerprint density at radius 3 is 1.88 bits per heavy atom. The van der Waals surface area contributed by atoms with Crippen LogP contribution in [0.25, 0.3) is 0 Å². The molecule has 0 radical (unpaired) electrons. The van der Waals surface area contributed by atoms with Crippen molar-refractivity contribution in [2.75, 3.05) is 6.61 Å². The van der Waals surface area contributed by atoms with Crippen LogP contribution in [0.3, 0.4) is 0 Å². The molecule has 0 unspecified atom stereocenters. The first-order chi connectivity index (χ1) is 15.3. The molecule has 6 nitrogen and oxygen atoms in total. The summed E-state index contributed by atoms with van der Waals surface area (Å²) in [5.74, 6) is -0.386. The van der Waals surface area contributed by atoms with Crippen LogP contribution in [0.15, 0.2) is 60.7 Å². The summed E-state index contributed by atoms with van der Waals surface area (Å²) in [6, 6.07) is 19.4. The van der Waals surface area contributed by atoms with Crippen molar-refractivity contribution >= 4 is 18.6 Å². The second kappa shape index (κ2) is 11.3. The highest BCUT2D eigenvalue weighted by Gasteiger charge is 2.49. The molecule has 1 aliphatic rings. The number of hydrogen-bond acceptors (Lipinski definition) is 7. The molecule has 2 aromatic carbocycles. The van der Waals surface area contributed by atoms with E-state index in [4.69, 9.17) is 18.9 Å². The number of aliphatic hydroxyl groups is 1. The van der Waals surface area contributed by atoms with Crippen LogP contribution in [-0.2, 0) is 37.0 Å². The number of esters is 1. The van der Waals surface area contributed by atoms with E-state index in [1.165, 1.54) is 0 Å². The van der Waals surface area contributed by atoms with Gasteiger partial charge in [0.2, 0.25) is 0 Å². The van der Waals surface area contributed by atoms with Gasteiger partial charge in [0.25, 0.3) is 0 Å². The highest BCUT2D eigenvalue weighted by atomic mass is 32.1. The molecule has 1 aliphatic heterocycles. The maximum absolute atomic E-state index is 12.7. The van der Waals surface area contributed by atoms with Gasteiger partial charge in [-0.2, -0.15) is 0 Å². The summed E-state index contributed by atoms with van der Waals surface area (Å²) in [6.07, 6.45) is -2.83. The van der Waals surface area contributed by atoms with E-state index in [0.29, 0.717) is 13.2 Å². The minimum absolute atomic E-state index is 0.276. The van der Waals surface area contributed by atoms with E-state index in [-0.39, 0.29) is 12.6 Å². The summed E-state index contributed by atoms with van der Waals surface area (Å²) < 4.78 is 24.1. The van der Waals surface area contributed by atoms with E-state index in [9.17, 15) is 9.90 Å². The quantitative estimate of drug-likeness (QED) is 0.462. The van der Waals surface area contributed by atoms with Gasteiger partial charge in [0.1, 0.15) is 23.7 Å². The van der Waals surface area contributed by atoms with Crippen LogP contribution >= 0.6 is 12.6 Å². The Morgan fingerprint density at radius 1 is 0.906 bits per heavy atom. The van der Waals surface area contributed by atoms with Crippen molar-refractivity contribution in [1.82, 2.24) is 0 Å². The fourth-order valence-corrected chi connectivity index (χ4v) is 3.78. The monoisotopic (exact) mass is 460 g/mol. The number of carbonyl (C=O) groups excluding carboxylic acids is 1. The third kappa shape index (κ3) is 6.56. The molecule has 174 valence electrons. The molecule has 0 spiro atoms. The summed E-state index contributed by atoms with van der Waals surface area (Å²) >= 11 is 4.51. The van der Waals surface area contributed by atoms with Crippen LogP contribution in [0.4, 0.5) is 0 Å². The Bertz CT molecular complexity index is 839. The summed E-state index contributed by atoms with van der Waals surface area (Å²) in [7, 11) is 0. The van der Waals surface area contributed by atoms with E-state index >= 15 is 0 Å². The SMILES string of the molecule is CC(C)(C)C(=O)O[C@@H]1[C@@H](OCc2ccccc2)[C@H](OCc2ccccc2)[C@@H](CO)O[C@@H]1S. The van der Waals surface area contributed by atoms with E-state index in [1.807, 2.05) is 60.7 Å². The average Bonchev–Trinajstić information content (AvgIpc) is 2.78. The number of aliphatic hydroxyl groups excluding tert-OH is 1. The van der Waals surface area contributed by atoms with E-state index in [2.05, 4.69) is 12.6 Å². The first-order valence-electron chi connectivity index (χ1n) is 10.8. The number of thiol groups is 1. The van der Waals surface area contributed by atoms with Gasteiger partial charge < -0.3 is 24.1 Å². The van der Waals surface area contributed by atoms with Crippen LogP contribution in [-0.4, -0.2) is 47.5 Å². The molecule has 32 heavy (non-hydrogen) atoms. The van der Waals surface area contributed by atoms with Crippen molar-refractivity contribution in [2.24, 2.45) is 5.41 Å². The molecule has 0 bridgehead atoms. The minimum Gasteiger partial charge on any atom is -0.455 e. The lowest BCUT2D eigenvalue weighted by atomic mass is 9.95. The van der Waals surface area contributed by atoms with Crippen molar-refractivity contribution in [2.45, 2.75) is 63.8 Å². The molecule has 0 saturated carbocycles. The van der Waals surface area contributed by atoms with Gasteiger partial charge in [-0.05, 0) is 31.9 Å². The topological polar surface area (TPSA) is 74.2 Å². The zero-order valence-electron chi connectivity index (χ0n) is 18.7. The smallest absolute Gasteiger partial charge is 0.311 e. The minimum atomic E-state index is -0.808. The molecular formula is C25H32O6S. The Balaban J connectivity index is 1.84. The lowest BCUT2D eigenvalue weighted by Gasteiger charge is -2.44. The molecule has 0 aliphatic carbocycles. The third-order valence-electron chi connectivity index (χ3n) is 5.22.